The summed E-state index contributed by atoms with van der Waals surface area (Å²) >= 11 is 0. The fourth-order valence-corrected chi connectivity index (χ4v) is 1.09. The molecule has 1 rings (SSSR count). The maximum atomic E-state index is 7.94. The van der Waals surface area contributed by atoms with E-state index in [1.807, 2.05) is 30.3 Å². The summed E-state index contributed by atoms with van der Waals surface area (Å²) in [6.07, 6.45) is 2.72. The van der Waals surface area contributed by atoms with Crippen molar-refractivity contribution in [1.29, 1.82) is 0 Å². The van der Waals surface area contributed by atoms with E-state index < -0.39 is 25.5 Å². The molecule has 0 heterocycles. The van der Waals surface area contributed by atoms with Crippen molar-refractivity contribution in [2.45, 2.75) is 33.5 Å². The molecule has 76 valence electrons. The van der Waals surface area contributed by atoms with Crippen molar-refractivity contribution in [3.05, 3.63) is 48.0 Å². The average molecular weight is 194 g/mol. The highest BCUT2D eigenvalue weighted by Gasteiger charge is 2.02. The van der Waals surface area contributed by atoms with Crippen molar-refractivity contribution in [2.75, 3.05) is 0 Å². The lowest BCUT2D eigenvalue weighted by Gasteiger charge is -2.10. The van der Waals surface area contributed by atoms with Gasteiger partial charge in [-0.2, -0.15) is 0 Å². The summed E-state index contributed by atoms with van der Waals surface area (Å²) in [4.78, 5) is 0. The molecule has 0 aliphatic heterocycles. The van der Waals surface area contributed by atoms with Gasteiger partial charge in [-0.1, -0.05) is 63.1 Å². The van der Waals surface area contributed by atoms with Gasteiger partial charge in [0.25, 0.3) is 0 Å². The van der Waals surface area contributed by atoms with Crippen LogP contribution >= 0.6 is 0 Å². The Kier molecular flexibility index (Phi) is 1.84. The number of aryl methyl sites for hydroxylation is 1. The highest BCUT2D eigenvalue weighted by atomic mass is 14.1. The number of benzene rings is 1. The van der Waals surface area contributed by atoms with Crippen LogP contribution in [0.2, 0.25) is 0 Å². The summed E-state index contributed by atoms with van der Waals surface area (Å²) < 4.78 is 45.2. The molecular formula is C14H20. The van der Waals surface area contributed by atoms with Crippen LogP contribution in [0.5, 0.6) is 0 Å². The van der Waals surface area contributed by atoms with Gasteiger partial charge in [0.2, 0.25) is 0 Å². The Labute approximate surface area is 96.1 Å². The van der Waals surface area contributed by atoms with Crippen molar-refractivity contribution in [2.24, 2.45) is 5.41 Å². The first kappa shape index (κ1) is 5.16. The van der Waals surface area contributed by atoms with E-state index in [0.717, 1.165) is 5.56 Å². The van der Waals surface area contributed by atoms with Crippen molar-refractivity contribution >= 4 is 0 Å². The Hall–Kier alpha value is -1.04. The van der Waals surface area contributed by atoms with Gasteiger partial charge in [-0.05, 0) is 23.8 Å². The summed E-state index contributed by atoms with van der Waals surface area (Å²) in [5, 5.41) is 0. The normalized spacial score (nSPS) is 25.3. The molecule has 1 unspecified atom stereocenters. The highest BCUT2D eigenvalue weighted by molar-refractivity contribution is 5.15. The Morgan fingerprint density at radius 3 is 2.86 bits per heavy atom. The second kappa shape index (κ2) is 4.99. The summed E-state index contributed by atoms with van der Waals surface area (Å²) in [6, 6.07) is 9.50. The predicted octanol–water partition coefficient (Wildman–Crippen LogP) is 4.22. The summed E-state index contributed by atoms with van der Waals surface area (Å²) in [7, 11) is 0. The molecule has 0 aliphatic rings. The summed E-state index contributed by atoms with van der Waals surface area (Å²) in [5.74, 6) is 0. The predicted molar refractivity (Wildman–Crippen MR) is 63.4 cm³/mol. The van der Waals surface area contributed by atoms with Gasteiger partial charge < -0.3 is 0 Å². The minimum Gasteiger partial charge on any atom is -0.0877 e. The summed E-state index contributed by atoms with van der Waals surface area (Å²) in [5.41, 5.74) is -0.552. The van der Waals surface area contributed by atoms with Crippen LogP contribution in [0.1, 0.15) is 40.8 Å². The third-order valence-electron chi connectivity index (χ3n) is 1.77. The van der Waals surface area contributed by atoms with Gasteiger partial charge in [0, 0.05) is 8.22 Å². The molecule has 2 atom stereocenters. The Bertz CT molecular complexity index is 437. The third kappa shape index (κ3) is 4.86. The van der Waals surface area contributed by atoms with Crippen molar-refractivity contribution < 1.29 is 8.22 Å². The largest absolute Gasteiger partial charge is 0.0877 e. The van der Waals surface area contributed by atoms with Gasteiger partial charge >= 0.3 is 0 Å². The molecule has 0 saturated carbocycles. The summed E-state index contributed by atoms with van der Waals surface area (Å²) in [6.45, 7) is -2.56. The average Bonchev–Trinajstić information content (AvgIpc) is 2.35. The standard InChI is InChI=1S/C14H20/c1-14(2,3)12-8-7-11-13-9-5-4-6-10-13/h4-6,8-10,12H,7,11H2,1-3H3/b12-8+/i1D2,2D3,7D/t7?,14-/m1/s1. The van der Waals surface area contributed by atoms with Crippen LogP contribution in [0.3, 0.4) is 0 Å². The number of allylic oxidation sites excluding steroid dienone is 2. The Morgan fingerprint density at radius 2 is 2.21 bits per heavy atom. The third-order valence-corrected chi connectivity index (χ3v) is 1.77. The van der Waals surface area contributed by atoms with Gasteiger partial charge in [0.1, 0.15) is 0 Å². The maximum Gasteiger partial charge on any atom is 0.0313 e. The van der Waals surface area contributed by atoms with Gasteiger partial charge in [-0.3, -0.25) is 0 Å². The van der Waals surface area contributed by atoms with Crippen LogP contribution in [0.25, 0.3) is 0 Å². The van der Waals surface area contributed by atoms with Crippen LogP contribution < -0.4 is 0 Å². The van der Waals surface area contributed by atoms with Gasteiger partial charge in [-0.25, -0.2) is 0 Å². The zero-order chi connectivity index (χ0) is 15.4. The van der Waals surface area contributed by atoms with Gasteiger partial charge in [0.05, 0.1) is 0 Å². The molecule has 0 aromatic heterocycles. The van der Waals surface area contributed by atoms with Crippen LogP contribution in [-0.2, 0) is 6.42 Å². The molecular weight excluding hydrogens is 168 g/mol. The van der Waals surface area contributed by atoms with Crippen molar-refractivity contribution in [3.8, 4) is 0 Å². The van der Waals surface area contributed by atoms with E-state index in [1.54, 1.807) is 0 Å². The molecule has 14 heavy (non-hydrogen) atoms. The molecule has 0 aliphatic carbocycles. The molecule has 0 bridgehead atoms. The maximum absolute atomic E-state index is 7.94. The van der Waals surface area contributed by atoms with E-state index >= 15 is 0 Å². The van der Waals surface area contributed by atoms with Gasteiger partial charge in [-0.15, -0.1) is 0 Å². The molecule has 0 spiro atoms. The quantitative estimate of drug-likeness (QED) is 0.632. The zero-order valence-electron chi connectivity index (χ0n) is 14.4. The topological polar surface area (TPSA) is 0 Å². The lowest BCUT2D eigenvalue weighted by Crippen LogP contribution is -1.98. The number of rotatable bonds is 3. The Balaban J connectivity index is 2.79. The first-order chi connectivity index (χ1) is 9.17. The molecule has 0 amide bonds. The molecule has 0 saturated heterocycles. The lowest BCUT2D eigenvalue weighted by atomic mass is 9.95. The van der Waals surface area contributed by atoms with Crippen molar-refractivity contribution in [3.63, 3.8) is 0 Å². The van der Waals surface area contributed by atoms with E-state index in [4.69, 9.17) is 8.22 Å². The van der Waals surface area contributed by atoms with E-state index in [2.05, 4.69) is 0 Å². The van der Waals surface area contributed by atoms with Crippen molar-refractivity contribution in [1.82, 2.24) is 0 Å². The Morgan fingerprint density at radius 1 is 1.43 bits per heavy atom. The fraction of sp³-hybridized carbons (Fsp3) is 0.429. The van der Waals surface area contributed by atoms with E-state index in [9.17, 15) is 0 Å². The molecule has 0 heteroatoms. The number of hydrogen-bond acceptors (Lipinski definition) is 0. The molecule has 0 N–H and O–H groups in total. The molecule has 0 nitrogen and oxygen atoms in total. The first-order valence-electron chi connectivity index (χ1n) is 7.90. The van der Waals surface area contributed by atoms with Gasteiger partial charge in [0.15, 0.2) is 0 Å². The van der Waals surface area contributed by atoms with Crippen LogP contribution in [0, 0.1) is 5.41 Å². The van der Waals surface area contributed by atoms with E-state index in [1.165, 1.54) is 19.1 Å². The molecule has 0 fully saturated rings. The highest BCUT2D eigenvalue weighted by Crippen LogP contribution is 2.15. The molecule has 1 aromatic rings. The smallest absolute Gasteiger partial charge is 0.0313 e. The SMILES string of the molecule is [2H]C(/C=C/[C@](C)(C([2H])[2H])C([2H])([2H])[2H])Cc1ccccc1. The zero-order valence-corrected chi connectivity index (χ0v) is 8.40. The minimum atomic E-state index is -2.43. The first-order valence-corrected chi connectivity index (χ1v) is 4.67. The monoisotopic (exact) mass is 194 g/mol. The lowest BCUT2D eigenvalue weighted by molar-refractivity contribution is 0.542. The molecule has 0 radical (unpaired) electrons. The second-order valence-corrected chi connectivity index (χ2v) is 3.57. The fourth-order valence-electron chi connectivity index (χ4n) is 1.09. The van der Waals surface area contributed by atoms with Crippen LogP contribution in [0.15, 0.2) is 42.5 Å². The van der Waals surface area contributed by atoms with Crippen LogP contribution in [0.4, 0.5) is 0 Å². The van der Waals surface area contributed by atoms with E-state index in [0.29, 0.717) is 6.42 Å². The molecule has 1 aromatic carbocycles. The second-order valence-electron chi connectivity index (χ2n) is 3.57. The minimum absolute atomic E-state index is 0.481. The van der Waals surface area contributed by atoms with E-state index in [-0.39, 0.29) is 0 Å². The number of hydrogen-bond donors (Lipinski definition) is 0. The van der Waals surface area contributed by atoms with Crippen LogP contribution in [-0.4, -0.2) is 0 Å².